The van der Waals surface area contributed by atoms with Gasteiger partial charge >= 0.3 is 6.03 Å². The third kappa shape index (κ3) is 7.19. The Morgan fingerprint density at radius 1 is 1.03 bits per heavy atom. The molecule has 202 valence electrons. The van der Waals surface area contributed by atoms with Gasteiger partial charge in [-0.05, 0) is 42.7 Å². The minimum Gasteiger partial charge on any atom is -0.464 e. The number of para-hydroxylation sites is 1. The first-order chi connectivity index (χ1) is 18.4. The van der Waals surface area contributed by atoms with E-state index in [0.717, 1.165) is 25.7 Å². The van der Waals surface area contributed by atoms with Crippen molar-refractivity contribution in [3.05, 3.63) is 82.0 Å². The van der Waals surface area contributed by atoms with Gasteiger partial charge in [-0.2, -0.15) is 0 Å². The minimum absolute atomic E-state index is 0.0221. The highest BCUT2D eigenvalue weighted by molar-refractivity contribution is 5.84. The van der Waals surface area contributed by atoms with Gasteiger partial charge in [-0.1, -0.05) is 43.5 Å². The van der Waals surface area contributed by atoms with Crippen molar-refractivity contribution in [1.82, 2.24) is 15.1 Å². The van der Waals surface area contributed by atoms with Crippen molar-refractivity contribution in [1.29, 1.82) is 0 Å². The molecule has 0 atom stereocenters. The minimum atomic E-state index is -0.382. The van der Waals surface area contributed by atoms with E-state index in [1.54, 1.807) is 43.5 Å². The molecule has 0 unspecified atom stereocenters. The Bertz CT molecular complexity index is 1290. The topological polar surface area (TPSA) is 92.1 Å². The fourth-order valence-electron chi connectivity index (χ4n) is 4.71. The van der Waals surface area contributed by atoms with Crippen LogP contribution in [-0.4, -0.2) is 54.6 Å². The van der Waals surface area contributed by atoms with E-state index in [4.69, 9.17) is 9.15 Å². The number of carbonyl (C=O) groups excluding carboxylic acids is 2. The van der Waals surface area contributed by atoms with E-state index in [9.17, 15) is 18.8 Å². The number of fused-ring (bicyclic) bond motifs is 1. The van der Waals surface area contributed by atoms with E-state index < -0.39 is 0 Å². The number of nitrogens with one attached hydrogen (secondary N) is 1. The van der Waals surface area contributed by atoms with E-state index in [1.807, 2.05) is 0 Å². The summed E-state index contributed by atoms with van der Waals surface area (Å²) in [6.07, 6.45) is 6.52. The Morgan fingerprint density at radius 3 is 2.50 bits per heavy atom. The average Bonchev–Trinajstić information content (AvgIpc) is 2.93. The number of hydrogen-bond acceptors (Lipinski definition) is 5. The lowest BCUT2D eigenvalue weighted by Crippen LogP contribution is -2.50. The molecule has 0 spiro atoms. The van der Waals surface area contributed by atoms with Crippen molar-refractivity contribution < 1.29 is 23.1 Å². The summed E-state index contributed by atoms with van der Waals surface area (Å²) >= 11 is 0. The zero-order valence-corrected chi connectivity index (χ0v) is 21.7. The summed E-state index contributed by atoms with van der Waals surface area (Å²) in [5.74, 6) is -0.733. The van der Waals surface area contributed by atoms with Gasteiger partial charge in [0, 0.05) is 26.2 Å². The van der Waals surface area contributed by atoms with Gasteiger partial charge in [0.2, 0.25) is 5.91 Å². The molecule has 0 aliphatic heterocycles. The Balaban J connectivity index is 1.55. The second kappa shape index (κ2) is 13.2. The number of hydrogen-bond donors (Lipinski definition) is 1. The van der Waals surface area contributed by atoms with Gasteiger partial charge in [0.1, 0.15) is 17.9 Å². The molecule has 1 aliphatic carbocycles. The Kier molecular flexibility index (Phi) is 9.48. The van der Waals surface area contributed by atoms with Crippen LogP contribution in [0.1, 0.15) is 43.2 Å². The predicted molar refractivity (Wildman–Crippen MR) is 142 cm³/mol. The van der Waals surface area contributed by atoms with Crippen LogP contribution in [0, 0.1) is 5.82 Å². The number of carbonyl (C=O) groups is 2. The zero-order chi connectivity index (χ0) is 26.9. The molecule has 1 fully saturated rings. The van der Waals surface area contributed by atoms with Gasteiger partial charge in [-0.25, -0.2) is 9.18 Å². The van der Waals surface area contributed by atoms with E-state index in [2.05, 4.69) is 5.32 Å². The Hall–Kier alpha value is -3.72. The van der Waals surface area contributed by atoms with E-state index in [1.165, 1.54) is 34.6 Å². The summed E-state index contributed by atoms with van der Waals surface area (Å²) in [7, 11) is 1.54. The van der Waals surface area contributed by atoms with Crippen LogP contribution in [-0.2, 0) is 22.6 Å². The van der Waals surface area contributed by atoms with Crippen molar-refractivity contribution in [3.8, 4) is 0 Å². The molecule has 1 N–H and O–H groups in total. The SMILES string of the molecule is COCCN(CC(=O)N(Cc1ccc(F)cc1)Cc1coc2ccccc2c1=O)C(=O)NC1CCCCC1. The first-order valence-corrected chi connectivity index (χ1v) is 13.0. The van der Waals surface area contributed by atoms with Crippen LogP contribution < -0.4 is 10.7 Å². The third-order valence-electron chi connectivity index (χ3n) is 6.86. The summed E-state index contributed by atoms with van der Waals surface area (Å²) in [4.78, 5) is 42.8. The Morgan fingerprint density at radius 2 is 1.76 bits per heavy atom. The number of amides is 3. The Labute approximate surface area is 221 Å². The number of rotatable bonds is 10. The number of halogens is 1. The van der Waals surface area contributed by atoms with E-state index in [-0.39, 0.29) is 62.0 Å². The number of methoxy groups -OCH3 is 1. The number of benzene rings is 2. The predicted octanol–water partition coefficient (Wildman–Crippen LogP) is 4.45. The largest absolute Gasteiger partial charge is 0.464 e. The maximum atomic E-state index is 13.6. The fraction of sp³-hybridized carbons (Fsp3) is 0.414. The van der Waals surface area contributed by atoms with Crippen molar-refractivity contribution in [2.24, 2.45) is 0 Å². The van der Waals surface area contributed by atoms with Crippen molar-refractivity contribution in [2.45, 2.75) is 51.2 Å². The number of nitrogens with zero attached hydrogens (tertiary/aromatic N) is 2. The van der Waals surface area contributed by atoms with Crippen LogP contribution in [0.4, 0.5) is 9.18 Å². The summed E-state index contributed by atoms with van der Waals surface area (Å²) < 4.78 is 24.3. The molecule has 1 aromatic heterocycles. The van der Waals surface area contributed by atoms with Crippen LogP contribution in [0.3, 0.4) is 0 Å². The van der Waals surface area contributed by atoms with Gasteiger partial charge in [-0.3, -0.25) is 9.59 Å². The molecule has 1 aliphatic rings. The summed E-state index contributed by atoms with van der Waals surface area (Å²) in [6.45, 7) is 0.433. The molecule has 3 amide bonds. The maximum absolute atomic E-state index is 13.6. The third-order valence-corrected chi connectivity index (χ3v) is 6.86. The molecule has 9 heteroatoms. The number of ether oxygens (including phenoxy) is 1. The molecule has 3 aromatic rings. The molecule has 0 bridgehead atoms. The fourth-order valence-corrected chi connectivity index (χ4v) is 4.71. The zero-order valence-electron chi connectivity index (χ0n) is 21.7. The van der Waals surface area contributed by atoms with Crippen molar-refractivity contribution in [3.63, 3.8) is 0 Å². The highest BCUT2D eigenvalue weighted by Gasteiger charge is 2.25. The van der Waals surface area contributed by atoms with Crippen LogP contribution in [0.25, 0.3) is 11.0 Å². The summed E-state index contributed by atoms with van der Waals surface area (Å²) in [5, 5.41) is 3.48. The smallest absolute Gasteiger partial charge is 0.318 e. The molecule has 1 heterocycles. The van der Waals surface area contributed by atoms with Gasteiger partial charge < -0.3 is 24.3 Å². The van der Waals surface area contributed by atoms with Crippen molar-refractivity contribution >= 4 is 22.9 Å². The van der Waals surface area contributed by atoms with Crippen LogP contribution in [0.2, 0.25) is 0 Å². The average molecular weight is 524 g/mol. The molecule has 38 heavy (non-hydrogen) atoms. The molecule has 0 saturated heterocycles. The molecule has 2 aromatic carbocycles. The summed E-state index contributed by atoms with van der Waals surface area (Å²) in [6, 6.07) is 12.5. The van der Waals surface area contributed by atoms with Crippen molar-refractivity contribution in [2.75, 3.05) is 26.8 Å². The lowest BCUT2D eigenvalue weighted by atomic mass is 9.96. The standard InChI is InChI=1S/C29H34FN3O5/c1-37-16-15-32(29(36)31-24-7-3-2-4-8-24)19-27(34)33(17-21-11-13-23(30)14-12-21)18-22-20-38-26-10-6-5-9-25(26)28(22)35/h5-6,9-14,20,24H,2-4,7-8,15-19H2,1H3,(H,31,36). The molecule has 4 rings (SSSR count). The first kappa shape index (κ1) is 27.3. The highest BCUT2D eigenvalue weighted by atomic mass is 19.1. The number of urea groups is 1. The summed E-state index contributed by atoms with van der Waals surface area (Å²) in [5.41, 5.74) is 1.24. The van der Waals surface area contributed by atoms with E-state index >= 15 is 0 Å². The molecule has 8 nitrogen and oxygen atoms in total. The van der Waals surface area contributed by atoms with Gasteiger partial charge in [0.05, 0.1) is 30.4 Å². The van der Waals surface area contributed by atoms with Crippen LogP contribution in [0.5, 0.6) is 0 Å². The van der Waals surface area contributed by atoms with Gasteiger partial charge in [0.25, 0.3) is 0 Å². The van der Waals surface area contributed by atoms with Crippen LogP contribution >= 0.6 is 0 Å². The quantitative estimate of drug-likeness (QED) is 0.424. The molecule has 1 saturated carbocycles. The second-order valence-electron chi connectivity index (χ2n) is 9.66. The highest BCUT2D eigenvalue weighted by Crippen LogP contribution is 2.18. The lowest BCUT2D eigenvalue weighted by Gasteiger charge is -2.30. The molecule has 0 radical (unpaired) electrons. The van der Waals surface area contributed by atoms with Crippen LogP contribution in [0.15, 0.2) is 64.0 Å². The van der Waals surface area contributed by atoms with E-state index in [0.29, 0.717) is 22.1 Å². The lowest BCUT2D eigenvalue weighted by molar-refractivity contribution is -0.133. The normalized spacial score (nSPS) is 13.8. The molecular weight excluding hydrogens is 489 g/mol. The molecular formula is C29H34FN3O5. The van der Waals surface area contributed by atoms with Gasteiger partial charge in [-0.15, -0.1) is 0 Å². The maximum Gasteiger partial charge on any atom is 0.318 e. The van der Waals surface area contributed by atoms with Gasteiger partial charge in [0.15, 0.2) is 5.43 Å². The second-order valence-corrected chi connectivity index (χ2v) is 9.66. The first-order valence-electron chi connectivity index (χ1n) is 13.0. The monoisotopic (exact) mass is 523 g/mol.